The Kier molecular flexibility index (Phi) is 3.21. The van der Waals surface area contributed by atoms with Crippen molar-refractivity contribution < 1.29 is 4.39 Å². The lowest BCUT2D eigenvalue weighted by Gasteiger charge is -2.01. The van der Waals surface area contributed by atoms with Crippen molar-refractivity contribution in [1.29, 1.82) is 0 Å². The summed E-state index contributed by atoms with van der Waals surface area (Å²) in [5.74, 6) is 0.420. The molecule has 0 saturated carbocycles. The Morgan fingerprint density at radius 3 is 2.62 bits per heavy atom. The standard InChI is InChI=1S/C10H12FN5/c1-16-14-10(13-15-16)7-12-6-8-2-4-9(11)5-3-8/h2-5,12H,6-7H2,1H3. The lowest BCUT2D eigenvalue weighted by molar-refractivity contribution is 0.616. The summed E-state index contributed by atoms with van der Waals surface area (Å²) < 4.78 is 12.6. The van der Waals surface area contributed by atoms with Crippen molar-refractivity contribution >= 4 is 0 Å². The fourth-order valence-electron chi connectivity index (χ4n) is 1.32. The molecule has 0 spiro atoms. The number of aryl methyl sites for hydroxylation is 1. The maximum atomic E-state index is 12.6. The van der Waals surface area contributed by atoms with Crippen LogP contribution in [0.3, 0.4) is 0 Å². The Bertz CT molecular complexity index is 450. The van der Waals surface area contributed by atoms with Crippen molar-refractivity contribution in [2.75, 3.05) is 0 Å². The first-order valence-electron chi connectivity index (χ1n) is 4.92. The third kappa shape index (κ3) is 2.83. The van der Waals surface area contributed by atoms with Crippen LogP contribution in [0, 0.1) is 5.82 Å². The van der Waals surface area contributed by atoms with Gasteiger partial charge in [0.1, 0.15) is 5.82 Å². The van der Waals surface area contributed by atoms with Gasteiger partial charge in [0.2, 0.25) is 0 Å². The highest BCUT2D eigenvalue weighted by molar-refractivity contribution is 5.15. The molecular weight excluding hydrogens is 209 g/mol. The monoisotopic (exact) mass is 221 g/mol. The van der Waals surface area contributed by atoms with Gasteiger partial charge in [-0.15, -0.1) is 10.2 Å². The minimum absolute atomic E-state index is 0.223. The molecule has 0 amide bonds. The van der Waals surface area contributed by atoms with E-state index < -0.39 is 0 Å². The van der Waals surface area contributed by atoms with Crippen molar-refractivity contribution in [3.05, 3.63) is 41.5 Å². The molecule has 5 nitrogen and oxygen atoms in total. The maximum absolute atomic E-state index is 12.6. The van der Waals surface area contributed by atoms with E-state index in [-0.39, 0.29) is 5.82 Å². The van der Waals surface area contributed by atoms with Crippen LogP contribution in [0.5, 0.6) is 0 Å². The van der Waals surface area contributed by atoms with Crippen molar-refractivity contribution in [2.45, 2.75) is 13.1 Å². The van der Waals surface area contributed by atoms with E-state index in [1.807, 2.05) is 0 Å². The van der Waals surface area contributed by atoms with Crippen LogP contribution < -0.4 is 5.32 Å². The first-order chi connectivity index (χ1) is 7.74. The average Bonchev–Trinajstić information content (AvgIpc) is 2.67. The molecular formula is C10H12FN5. The predicted octanol–water partition coefficient (Wildman–Crippen LogP) is 0.639. The summed E-state index contributed by atoms with van der Waals surface area (Å²) in [6.45, 7) is 1.20. The SMILES string of the molecule is Cn1nnc(CNCc2ccc(F)cc2)n1. The Balaban J connectivity index is 1.82. The van der Waals surface area contributed by atoms with Gasteiger partial charge in [0.25, 0.3) is 0 Å². The first kappa shape index (κ1) is 10.7. The number of rotatable bonds is 4. The van der Waals surface area contributed by atoms with Crippen LogP contribution in [-0.4, -0.2) is 20.2 Å². The number of nitrogens with zero attached hydrogens (tertiary/aromatic N) is 4. The normalized spacial score (nSPS) is 10.6. The minimum atomic E-state index is -0.223. The molecule has 1 aromatic carbocycles. The molecule has 84 valence electrons. The van der Waals surface area contributed by atoms with Gasteiger partial charge in [-0.1, -0.05) is 12.1 Å². The summed E-state index contributed by atoms with van der Waals surface area (Å²) in [6.07, 6.45) is 0. The predicted molar refractivity (Wildman–Crippen MR) is 55.7 cm³/mol. The van der Waals surface area contributed by atoms with E-state index in [2.05, 4.69) is 20.7 Å². The van der Waals surface area contributed by atoms with E-state index in [4.69, 9.17) is 0 Å². The molecule has 1 heterocycles. The zero-order chi connectivity index (χ0) is 11.4. The van der Waals surface area contributed by atoms with E-state index in [1.54, 1.807) is 19.2 Å². The Morgan fingerprint density at radius 2 is 2.00 bits per heavy atom. The van der Waals surface area contributed by atoms with Crippen LogP contribution >= 0.6 is 0 Å². The smallest absolute Gasteiger partial charge is 0.188 e. The van der Waals surface area contributed by atoms with Crippen LogP contribution in [0.4, 0.5) is 4.39 Å². The van der Waals surface area contributed by atoms with Crippen molar-refractivity contribution in [1.82, 2.24) is 25.5 Å². The highest BCUT2D eigenvalue weighted by atomic mass is 19.1. The van der Waals surface area contributed by atoms with Crippen LogP contribution in [0.2, 0.25) is 0 Å². The second-order valence-electron chi connectivity index (χ2n) is 3.43. The van der Waals surface area contributed by atoms with Gasteiger partial charge in [-0.2, -0.15) is 4.80 Å². The summed E-state index contributed by atoms with van der Waals surface area (Å²) in [5, 5.41) is 14.7. The van der Waals surface area contributed by atoms with Crippen LogP contribution in [0.1, 0.15) is 11.4 Å². The number of hydrogen-bond acceptors (Lipinski definition) is 4. The van der Waals surface area contributed by atoms with Gasteiger partial charge < -0.3 is 5.32 Å². The van der Waals surface area contributed by atoms with Crippen molar-refractivity contribution in [3.63, 3.8) is 0 Å². The fourth-order valence-corrected chi connectivity index (χ4v) is 1.32. The number of halogens is 1. The number of hydrogen-bond donors (Lipinski definition) is 1. The fraction of sp³-hybridized carbons (Fsp3) is 0.300. The van der Waals surface area contributed by atoms with Crippen LogP contribution in [0.15, 0.2) is 24.3 Å². The van der Waals surface area contributed by atoms with Gasteiger partial charge in [0.15, 0.2) is 5.82 Å². The molecule has 0 radical (unpaired) electrons. The van der Waals surface area contributed by atoms with Crippen LogP contribution in [-0.2, 0) is 20.1 Å². The molecule has 0 fully saturated rings. The highest BCUT2D eigenvalue weighted by Crippen LogP contribution is 2.02. The molecule has 2 aromatic rings. The summed E-state index contributed by atoms with van der Waals surface area (Å²) in [4.78, 5) is 1.41. The lowest BCUT2D eigenvalue weighted by atomic mass is 10.2. The van der Waals surface area contributed by atoms with Gasteiger partial charge in [0.05, 0.1) is 13.6 Å². The van der Waals surface area contributed by atoms with Crippen LogP contribution in [0.25, 0.3) is 0 Å². The van der Waals surface area contributed by atoms with E-state index in [9.17, 15) is 4.39 Å². The third-order valence-electron chi connectivity index (χ3n) is 2.08. The molecule has 6 heteroatoms. The van der Waals surface area contributed by atoms with Gasteiger partial charge in [-0.25, -0.2) is 4.39 Å². The van der Waals surface area contributed by atoms with Gasteiger partial charge in [-0.05, 0) is 22.9 Å². The molecule has 0 unspecified atom stereocenters. The topological polar surface area (TPSA) is 55.6 Å². The summed E-state index contributed by atoms with van der Waals surface area (Å²) in [7, 11) is 1.72. The minimum Gasteiger partial charge on any atom is -0.306 e. The molecule has 1 N–H and O–H groups in total. The van der Waals surface area contributed by atoms with Gasteiger partial charge >= 0.3 is 0 Å². The van der Waals surface area contributed by atoms with Crippen molar-refractivity contribution in [3.8, 4) is 0 Å². The average molecular weight is 221 g/mol. The molecule has 0 saturated heterocycles. The Hall–Kier alpha value is -1.82. The summed E-state index contributed by atoms with van der Waals surface area (Å²) >= 11 is 0. The second-order valence-corrected chi connectivity index (χ2v) is 3.43. The first-order valence-corrected chi connectivity index (χ1v) is 4.92. The second kappa shape index (κ2) is 4.80. The Labute approximate surface area is 92.3 Å². The number of benzene rings is 1. The quantitative estimate of drug-likeness (QED) is 0.823. The van der Waals surface area contributed by atoms with E-state index in [1.165, 1.54) is 16.9 Å². The van der Waals surface area contributed by atoms with Crippen molar-refractivity contribution in [2.24, 2.45) is 7.05 Å². The molecule has 16 heavy (non-hydrogen) atoms. The number of tetrazole rings is 1. The van der Waals surface area contributed by atoms with E-state index in [0.717, 1.165) is 5.56 Å². The van der Waals surface area contributed by atoms with Gasteiger partial charge in [-0.3, -0.25) is 0 Å². The third-order valence-corrected chi connectivity index (χ3v) is 2.08. The largest absolute Gasteiger partial charge is 0.306 e. The Morgan fingerprint density at radius 1 is 1.25 bits per heavy atom. The maximum Gasteiger partial charge on any atom is 0.188 e. The zero-order valence-electron chi connectivity index (χ0n) is 8.89. The zero-order valence-corrected chi connectivity index (χ0v) is 8.89. The van der Waals surface area contributed by atoms with E-state index in [0.29, 0.717) is 18.9 Å². The summed E-state index contributed by atoms with van der Waals surface area (Å²) in [6, 6.07) is 6.37. The molecule has 0 aliphatic heterocycles. The van der Waals surface area contributed by atoms with E-state index >= 15 is 0 Å². The molecule has 0 bridgehead atoms. The molecule has 2 rings (SSSR count). The molecule has 0 aliphatic rings. The summed E-state index contributed by atoms with van der Waals surface area (Å²) in [5.41, 5.74) is 1.02. The lowest BCUT2D eigenvalue weighted by Crippen LogP contribution is -2.14. The molecule has 0 atom stereocenters. The molecule has 0 aliphatic carbocycles. The highest BCUT2D eigenvalue weighted by Gasteiger charge is 1.99. The number of nitrogens with one attached hydrogen (secondary N) is 1. The molecule has 1 aromatic heterocycles. The number of aromatic nitrogens is 4. The van der Waals surface area contributed by atoms with Gasteiger partial charge in [0, 0.05) is 6.54 Å².